The second kappa shape index (κ2) is 5.06. The van der Waals surface area contributed by atoms with Gasteiger partial charge in [0.05, 0.1) is 18.6 Å². The molecule has 0 fully saturated rings. The Morgan fingerprint density at radius 3 is 3.12 bits per heavy atom. The number of hydrogen-bond donors (Lipinski definition) is 1. The monoisotopic (exact) mass is 253 g/mol. The Bertz CT molecular complexity index is 390. The zero-order chi connectivity index (χ0) is 12.3. The van der Waals surface area contributed by atoms with Crippen molar-refractivity contribution in [1.82, 2.24) is 4.90 Å². The maximum Gasteiger partial charge on any atom is 0.192 e. The fourth-order valence-electron chi connectivity index (χ4n) is 2.06. The van der Waals surface area contributed by atoms with Gasteiger partial charge in [0.2, 0.25) is 0 Å². The molecule has 0 spiro atoms. The Balaban J connectivity index is 2.08. The molecule has 4 nitrogen and oxygen atoms in total. The van der Waals surface area contributed by atoms with E-state index in [1.165, 1.54) is 4.88 Å². The van der Waals surface area contributed by atoms with Crippen molar-refractivity contribution in [2.45, 2.75) is 25.4 Å². The van der Waals surface area contributed by atoms with Crippen molar-refractivity contribution in [1.29, 1.82) is 0 Å². The Hall–Kier alpha value is -1.07. The van der Waals surface area contributed by atoms with E-state index in [0.717, 1.165) is 26.1 Å². The maximum absolute atomic E-state index is 5.98. The highest BCUT2D eigenvalue weighted by Gasteiger charge is 2.37. The molecule has 0 aliphatic carbocycles. The lowest BCUT2D eigenvalue weighted by molar-refractivity contribution is 0.124. The van der Waals surface area contributed by atoms with Gasteiger partial charge in [0.25, 0.3) is 0 Å². The van der Waals surface area contributed by atoms with Gasteiger partial charge in [-0.25, -0.2) is 0 Å². The van der Waals surface area contributed by atoms with Crippen LogP contribution in [-0.2, 0) is 11.3 Å². The van der Waals surface area contributed by atoms with Crippen LogP contribution in [0.15, 0.2) is 22.5 Å². The van der Waals surface area contributed by atoms with Crippen molar-refractivity contribution in [3.8, 4) is 0 Å². The SMILES string of the molecule is COCCC1(C)CN=C(N)N1Cc1cccs1. The van der Waals surface area contributed by atoms with Crippen LogP contribution in [-0.4, -0.2) is 36.7 Å². The molecule has 1 aliphatic heterocycles. The van der Waals surface area contributed by atoms with E-state index < -0.39 is 0 Å². The smallest absolute Gasteiger partial charge is 0.192 e. The third-order valence-electron chi connectivity index (χ3n) is 3.25. The molecule has 2 heterocycles. The summed E-state index contributed by atoms with van der Waals surface area (Å²) >= 11 is 1.75. The highest BCUT2D eigenvalue weighted by atomic mass is 32.1. The first-order chi connectivity index (χ1) is 8.15. The molecule has 2 rings (SSSR count). The van der Waals surface area contributed by atoms with Gasteiger partial charge in [0.1, 0.15) is 0 Å². The van der Waals surface area contributed by atoms with E-state index in [0.29, 0.717) is 5.96 Å². The van der Waals surface area contributed by atoms with E-state index in [-0.39, 0.29) is 5.54 Å². The highest BCUT2D eigenvalue weighted by molar-refractivity contribution is 7.09. The number of hydrogen-bond acceptors (Lipinski definition) is 5. The maximum atomic E-state index is 5.98. The number of nitrogens with zero attached hydrogens (tertiary/aromatic N) is 2. The summed E-state index contributed by atoms with van der Waals surface area (Å²) in [6.45, 7) is 4.53. The van der Waals surface area contributed by atoms with Crippen LogP contribution in [0.2, 0.25) is 0 Å². The second-order valence-electron chi connectivity index (χ2n) is 4.58. The Morgan fingerprint density at radius 2 is 2.47 bits per heavy atom. The van der Waals surface area contributed by atoms with Crippen molar-refractivity contribution in [2.24, 2.45) is 10.7 Å². The van der Waals surface area contributed by atoms with Crippen LogP contribution in [0.1, 0.15) is 18.2 Å². The van der Waals surface area contributed by atoms with Gasteiger partial charge < -0.3 is 15.4 Å². The summed E-state index contributed by atoms with van der Waals surface area (Å²) in [5, 5.41) is 2.09. The lowest BCUT2D eigenvalue weighted by Crippen LogP contribution is -2.49. The first kappa shape index (κ1) is 12.4. The van der Waals surface area contributed by atoms with Gasteiger partial charge in [-0.15, -0.1) is 11.3 Å². The predicted molar refractivity (Wildman–Crippen MR) is 71.2 cm³/mol. The number of thiophene rings is 1. The number of methoxy groups -OCH3 is 1. The van der Waals surface area contributed by atoms with Crippen molar-refractivity contribution in [2.75, 3.05) is 20.3 Å². The Kier molecular flexibility index (Phi) is 3.69. The molecule has 5 heteroatoms. The molecule has 17 heavy (non-hydrogen) atoms. The summed E-state index contributed by atoms with van der Waals surface area (Å²) in [7, 11) is 1.73. The zero-order valence-electron chi connectivity index (χ0n) is 10.3. The molecule has 94 valence electrons. The third-order valence-corrected chi connectivity index (χ3v) is 4.11. The third kappa shape index (κ3) is 2.61. The lowest BCUT2D eigenvalue weighted by Gasteiger charge is -2.35. The standard InChI is InChI=1S/C12H19N3OS/c1-12(5-6-16-2)9-14-11(13)15(12)8-10-4-3-7-17-10/h3-4,7H,5-6,8-9H2,1-2H3,(H2,13,14). The summed E-state index contributed by atoms with van der Waals surface area (Å²) in [5.74, 6) is 0.650. The summed E-state index contributed by atoms with van der Waals surface area (Å²) in [5.41, 5.74) is 5.97. The van der Waals surface area contributed by atoms with Crippen molar-refractivity contribution >= 4 is 17.3 Å². The first-order valence-electron chi connectivity index (χ1n) is 5.74. The molecule has 0 radical (unpaired) electrons. The zero-order valence-corrected chi connectivity index (χ0v) is 11.2. The molecule has 1 aromatic heterocycles. The minimum Gasteiger partial charge on any atom is -0.385 e. The molecule has 2 N–H and O–H groups in total. The van der Waals surface area contributed by atoms with Crippen molar-refractivity contribution in [3.63, 3.8) is 0 Å². The van der Waals surface area contributed by atoms with Gasteiger partial charge in [-0.2, -0.15) is 0 Å². The van der Waals surface area contributed by atoms with Crippen LogP contribution in [0.4, 0.5) is 0 Å². The first-order valence-corrected chi connectivity index (χ1v) is 6.62. The van der Waals surface area contributed by atoms with Gasteiger partial charge in [-0.05, 0) is 24.8 Å². The van der Waals surface area contributed by atoms with E-state index >= 15 is 0 Å². The lowest BCUT2D eigenvalue weighted by atomic mass is 9.97. The summed E-state index contributed by atoms with van der Waals surface area (Å²) in [6.07, 6.45) is 0.944. The summed E-state index contributed by atoms with van der Waals surface area (Å²) in [4.78, 5) is 7.88. The van der Waals surface area contributed by atoms with E-state index in [1.54, 1.807) is 18.4 Å². The van der Waals surface area contributed by atoms with Crippen LogP contribution in [0.25, 0.3) is 0 Å². The van der Waals surface area contributed by atoms with Gasteiger partial charge in [0, 0.05) is 18.6 Å². The number of aliphatic imine (C=N–C) groups is 1. The second-order valence-corrected chi connectivity index (χ2v) is 5.61. The number of nitrogens with two attached hydrogens (primary N) is 1. The van der Waals surface area contributed by atoms with Gasteiger partial charge in [-0.3, -0.25) is 4.99 Å². The quantitative estimate of drug-likeness (QED) is 0.868. The minimum atomic E-state index is -0.00984. The van der Waals surface area contributed by atoms with E-state index in [1.807, 2.05) is 0 Å². The fraction of sp³-hybridized carbons (Fsp3) is 0.583. The van der Waals surface area contributed by atoms with Gasteiger partial charge in [0.15, 0.2) is 5.96 Å². The van der Waals surface area contributed by atoms with Crippen LogP contribution >= 0.6 is 11.3 Å². The molecule has 0 amide bonds. The van der Waals surface area contributed by atoms with Crippen LogP contribution in [0.5, 0.6) is 0 Å². The largest absolute Gasteiger partial charge is 0.385 e. The minimum absolute atomic E-state index is 0.00984. The molecule has 1 unspecified atom stereocenters. The topological polar surface area (TPSA) is 50.9 Å². The van der Waals surface area contributed by atoms with Gasteiger partial charge in [-0.1, -0.05) is 6.07 Å². The molecule has 0 saturated carbocycles. The van der Waals surface area contributed by atoms with E-state index in [4.69, 9.17) is 10.5 Å². The van der Waals surface area contributed by atoms with Crippen molar-refractivity contribution < 1.29 is 4.74 Å². The molecule has 0 saturated heterocycles. The highest BCUT2D eigenvalue weighted by Crippen LogP contribution is 2.28. The van der Waals surface area contributed by atoms with Crippen LogP contribution < -0.4 is 5.73 Å². The predicted octanol–water partition coefficient (Wildman–Crippen LogP) is 1.67. The number of guanidine groups is 1. The summed E-state index contributed by atoms with van der Waals surface area (Å²) < 4.78 is 5.17. The summed E-state index contributed by atoms with van der Waals surface area (Å²) in [6, 6.07) is 4.20. The van der Waals surface area contributed by atoms with Crippen LogP contribution in [0, 0.1) is 0 Å². The van der Waals surface area contributed by atoms with E-state index in [2.05, 4.69) is 34.3 Å². The molecule has 1 atom stereocenters. The average Bonchev–Trinajstić information content (AvgIpc) is 2.91. The molecular formula is C12H19N3OS. The average molecular weight is 253 g/mol. The Morgan fingerprint density at radius 1 is 1.65 bits per heavy atom. The molecule has 1 aromatic rings. The van der Waals surface area contributed by atoms with Crippen LogP contribution in [0.3, 0.4) is 0 Å². The molecule has 0 bridgehead atoms. The molecule has 0 aromatic carbocycles. The van der Waals surface area contributed by atoms with Crippen molar-refractivity contribution in [3.05, 3.63) is 22.4 Å². The number of rotatable bonds is 5. The molecule has 1 aliphatic rings. The Labute approximate surface area is 106 Å². The normalized spacial score (nSPS) is 24.1. The van der Waals surface area contributed by atoms with Gasteiger partial charge >= 0.3 is 0 Å². The molecular weight excluding hydrogens is 234 g/mol. The van der Waals surface area contributed by atoms with E-state index in [9.17, 15) is 0 Å². The fourth-order valence-corrected chi connectivity index (χ4v) is 2.76. The number of ether oxygens (including phenoxy) is 1.